The third-order valence-corrected chi connectivity index (χ3v) is 6.45. The van der Waals surface area contributed by atoms with Gasteiger partial charge in [0.2, 0.25) is 0 Å². The van der Waals surface area contributed by atoms with Gasteiger partial charge in [-0.15, -0.1) is 0 Å². The first-order chi connectivity index (χ1) is 15.7. The van der Waals surface area contributed by atoms with Crippen LogP contribution in [0.25, 0.3) is 0 Å². The largest absolute Gasteiger partial charge is 0.497 e. The van der Waals surface area contributed by atoms with Crippen LogP contribution < -0.4 is 10.1 Å². The van der Waals surface area contributed by atoms with E-state index in [4.69, 9.17) is 19.2 Å². The van der Waals surface area contributed by atoms with Crippen LogP contribution in [0.3, 0.4) is 0 Å². The average Bonchev–Trinajstić information content (AvgIpc) is 3.31. The summed E-state index contributed by atoms with van der Waals surface area (Å²) in [5.41, 5.74) is 1.32. The smallest absolute Gasteiger partial charge is 0.193 e. The van der Waals surface area contributed by atoms with Gasteiger partial charge in [0.05, 0.1) is 39.5 Å². The highest BCUT2D eigenvalue weighted by molar-refractivity contribution is 5.80. The molecule has 7 nitrogen and oxygen atoms in total. The first kappa shape index (κ1) is 24.8. The van der Waals surface area contributed by atoms with Crippen molar-refractivity contribution in [2.24, 2.45) is 10.9 Å². The van der Waals surface area contributed by atoms with E-state index in [-0.39, 0.29) is 0 Å². The Labute approximate surface area is 194 Å². The third kappa shape index (κ3) is 7.36. The van der Waals surface area contributed by atoms with Crippen LogP contribution in [0.5, 0.6) is 5.75 Å². The molecule has 0 radical (unpaired) electrons. The van der Waals surface area contributed by atoms with Crippen LogP contribution in [0.15, 0.2) is 29.3 Å². The minimum atomic E-state index is 0.297. The summed E-state index contributed by atoms with van der Waals surface area (Å²) in [5.74, 6) is 2.48. The fraction of sp³-hybridized carbons (Fsp3) is 0.720. The van der Waals surface area contributed by atoms with Gasteiger partial charge in [0, 0.05) is 32.7 Å². The molecule has 0 bridgehead atoms. The van der Waals surface area contributed by atoms with Crippen molar-refractivity contribution in [1.29, 1.82) is 0 Å². The van der Waals surface area contributed by atoms with Crippen molar-refractivity contribution in [3.05, 3.63) is 29.8 Å². The Balaban J connectivity index is 1.66. The van der Waals surface area contributed by atoms with Crippen LogP contribution in [0.2, 0.25) is 0 Å². The summed E-state index contributed by atoms with van der Waals surface area (Å²) in [4.78, 5) is 10.1. The van der Waals surface area contributed by atoms with Crippen molar-refractivity contribution in [2.75, 3.05) is 73.3 Å². The van der Waals surface area contributed by atoms with Crippen molar-refractivity contribution < 1.29 is 14.2 Å². The fourth-order valence-corrected chi connectivity index (χ4v) is 4.64. The average molecular weight is 447 g/mol. The maximum absolute atomic E-state index is 5.77. The van der Waals surface area contributed by atoms with Gasteiger partial charge in [-0.1, -0.05) is 18.6 Å². The molecule has 1 aromatic carbocycles. The predicted octanol–water partition coefficient (Wildman–Crippen LogP) is 3.17. The number of rotatable bonds is 11. The Bertz CT molecular complexity index is 676. The Morgan fingerprint density at radius 3 is 2.56 bits per heavy atom. The highest BCUT2D eigenvalue weighted by Gasteiger charge is 2.26. The van der Waals surface area contributed by atoms with Crippen LogP contribution in [0, 0.1) is 5.92 Å². The lowest BCUT2D eigenvalue weighted by Crippen LogP contribution is -2.41. The number of piperidine rings is 1. The number of methoxy groups -OCH3 is 2. The second-order valence-corrected chi connectivity index (χ2v) is 8.75. The van der Waals surface area contributed by atoms with Crippen LogP contribution in [0.4, 0.5) is 0 Å². The minimum Gasteiger partial charge on any atom is -0.497 e. The second-order valence-electron chi connectivity index (χ2n) is 8.75. The van der Waals surface area contributed by atoms with E-state index in [1.54, 1.807) is 14.2 Å². The van der Waals surface area contributed by atoms with Crippen molar-refractivity contribution in [1.82, 2.24) is 15.1 Å². The summed E-state index contributed by atoms with van der Waals surface area (Å²) in [6.45, 7) is 10.2. The monoisotopic (exact) mass is 446 g/mol. The standard InChI is InChI=1S/C25H42N4O3/c1-4-26-25(29-15-12-21(19-29)20-32-17-16-30-2)27-18-24(28-13-6-5-7-14-28)22-8-10-23(31-3)11-9-22/h8-11,21,24H,4-7,12-20H2,1-3H3,(H,26,27). The molecule has 0 aromatic heterocycles. The quantitative estimate of drug-likeness (QED) is 0.320. The van der Waals surface area contributed by atoms with Crippen molar-refractivity contribution in [2.45, 2.75) is 38.6 Å². The third-order valence-electron chi connectivity index (χ3n) is 6.45. The van der Waals surface area contributed by atoms with Crippen LogP contribution >= 0.6 is 0 Å². The van der Waals surface area contributed by atoms with Crippen LogP contribution in [-0.4, -0.2) is 89.1 Å². The Morgan fingerprint density at radius 2 is 1.88 bits per heavy atom. The maximum atomic E-state index is 5.77. The van der Waals surface area contributed by atoms with E-state index in [0.29, 0.717) is 25.2 Å². The van der Waals surface area contributed by atoms with E-state index in [1.165, 1.54) is 24.8 Å². The molecule has 2 atom stereocenters. The molecular formula is C25H42N4O3. The number of aliphatic imine (C=N–C) groups is 1. The molecule has 2 aliphatic rings. The number of hydrogen-bond acceptors (Lipinski definition) is 5. The number of nitrogens with one attached hydrogen (secondary N) is 1. The summed E-state index contributed by atoms with van der Waals surface area (Å²) in [6, 6.07) is 8.82. The fourth-order valence-electron chi connectivity index (χ4n) is 4.64. The Kier molecular flexibility index (Phi) is 10.6. The number of nitrogens with zero attached hydrogens (tertiary/aromatic N) is 3. The number of ether oxygens (including phenoxy) is 3. The molecule has 0 amide bonds. The molecule has 2 saturated heterocycles. The lowest BCUT2D eigenvalue weighted by atomic mass is 10.0. The normalized spacial score (nSPS) is 21.0. The molecule has 0 saturated carbocycles. The van der Waals surface area contributed by atoms with Gasteiger partial charge in [0.1, 0.15) is 5.75 Å². The summed E-state index contributed by atoms with van der Waals surface area (Å²) < 4.78 is 16.2. The van der Waals surface area contributed by atoms with E-state index in [0.717, 1.165) is 64.0 Å². The summed E-state index contributed by atoms with van der Waals surface area (Å²) in [6.07, 6.45) is 5.02. The van der Waals surface area contributed by atoms with Gasteiger partial charge < -0.3 is 24.4 Å². The summed E-state index contributed by atoms with van der Waals surface area (Å²) >= 11 is 0. The van der Waals surface area contributed by atoms with Gasteiger partial charge >= 0.3 is 0 Å². The SMILES string of the molecule is CCNC(=NCC(c1ccc(OC)cc1)N1CCCCC1)N1CCC(COCCOC)C1. The molecule has 2 heterocycles. The van der Waals surface area contributed by atoms with Crippen molar-refractivity contribution in [3.8, 4) is 5.75 Å². The summed E-state index contributed by atoms with van der Waals surface area (Å²) in [5, 5.41) is 3.53. The highest BCUT2D eigenvalue weighted by atomic mass is 16.5. The van der Waals surface area contributed by atoms with Gasteiger partial charge in [-0.05, 0) is 57.0 Å². The van der Waals surface area contributed by atoms with Crippen molar-refractivity contribution in [3.63, 3.8) is 0 Å². The van der Waals surface area contributed by atoms with Gasteiger partial charge in [0.25, 0.3) is 0 Å². The molecule has 1 N–H and O–H groups in total. The second kappa shape index (κ2) is 13.7. The molecule has 0 aliphatic carbocycles. The molecular weight excluding hydrogens is 404 g/mol. The van der Waals surface area contributed by atoms with Gasteiger partial charge in [-0.2, -0.15) is 0 Å². The minimum absolute atomic E-state index is 0.297. The first-order valence-corrected chi connectivity index (χ1v) is 12.2. The zero-order valence-electron chi connectivity index (χ0n) is 20.2. The molecule has 32 heavy (non-hydrogen) atoms. The first-order valence-electron chi connectivity index (χ1n) is 12.2. The predicted molar refractivity (Wildman–Crippen MR) is 130 cm³/mol. The highest BCUT2D eigenvalue weighted by Crippen LogP contribution is 2.27. The van der Waals surface area contributed by atoms with E-state index in [1.807, 2.05) is 0 Å². The maximum Gasteiger partial charge on any atom is 0.193 e. The molecule has 2 unspecified atom stereocenters. The van der Waals surface area contributed by atoms with E-state index in [2.05, 4.69) is 46.3 Å². The molecule has 1 aromatic rings. The molecule has 7 heteroatoms. The van der Waals surface area contributed by atoms with Crippen LogP contribution in [0.1, 0.15) is 44.2 Å². The van der Waals surface area contributed by atoms with Gasteiger partial charge in [-0.3, -0.25) is 9.89 Å². The van der Waals surface area contributed by atoms with E-state index >= 15 is 0 Å². The number of benzene rings is 1. The molecule has 3 rings (SSSR count). The zero-order chi connectivity index (χ0) is 22.6. The number of hydrogen-bond donors (Lipinski definition) is 1. The number of guanidine groups is 1. The summed E-state index contributed by atoms with van der Waals surface area (Å²) in [7, 11) is 3.43. The lowest BCUT2D eigenvalue weighted by Gasteiger charge is -2.34. The Morgan fingerprint density at radius 1 is 1.09 bits per heavy atom. The van der Waals surface area contributed by atoms with E-state index in [9.17, 15) is 0 Å². The Hall–Kier alpha value is -1.83. The van der Waals surface area contributed by atoms with Gasteiger partial charge in [0.15, 0.2) is 5.96 Å². The topological polar surface area (TPSA) is 58.6 Å². The lowest BCUT2D eigenvalue weighted by molar-refractivity contribution is 0.0536. The molecule has 0 spiro atoms. The molecule has 2 fully saturated rings. The zero-order valence-corrected chi connectivity index (χ0v) is 20.2. The van der Waals surface area contributed by atoms with Crippen LogP contribution in [-0.2, 0) is 9.47 Å². The number of likely N-dealkylation sites (tertiary alicyclic amines) is 2. The molecule has 180 valence electrons. The molecule has 2 aliphatic heterocycles. The van der Waals surface area contributed by atoms with Gasteiger partial charge in [-0.25, -0.2) is 0 Å². The van der Waals surface area contributed by atoms with Crippen molar-refractivity contribution >= 4 is 5.96 Å². The van der Waals surface area contributed by atoms with E-state index < -0.39 is 0 Å².